The van der Waals surface area contributed by atoms with Crippen LogP contribution < -0.4 is 0 Å². The largest absolute Gasteiger partial charge is 0.275 e. The molecule has 1 aliphatic rings. The van der Waals surface area contributed by atoms with Crippen molar-refractivity contribution in [3.63, 3.8) is 0 Å². The average Bonchev–Trinajstić information content (AvgIpc) is 4.31. The molecule has 2 aromatic heterocycles. The van der Waals surface area contributed by atoms with E-state index in [1.54, 1.807) is 7.11 Å². The van der Waals surface area contributed by atoms with Gasteiger partial charge in [0.1, 0.15) is 22.8 Å². The van der Waals surface area contributed by atoms with Crippen molar-refractivity contribution < 1.29 is 4.84 Å². The smallest absolute Gasteiger partial charge is 0.184 e. The zero-order chi connectivity index (χ0) is 52.2. The Hall–Kier alpha value is -9.38. The molecule has 11 aromatic rings. The minimum atomic E-state index is -0.979. The molecule has 376 valence electrons. The summed E-state index contributed by atoms with van der Waals surface area (Å²) < 4.78 is 4.10. The first-order chi connectivity index (χ1) is 38.0. The predicted octanol–water partition coefficient (Wildman–Crippen LogP) is 14.0. The Bertz CT molecular complexity index is 3650. The van der Waals surface area contributed by atoms with E-state index in [1.807, 2.05) is 34.0 Å². The molecule has 0 saturated heterocycles. The zero-order valence-electron chi connectivity index (χ0n) is 43.3. The lowest BCUT2D eigenvalue weighted by molar-refractivity contribution is -0.132. The summed E-state index contributed by atoms with van der Waals surface area (Å²) in [6.07, 6.45) is 2.50. The Balaban J connectivity index is 1.07. The van der Waals surface area contributed by atoms with Crippen LogP contribution in [0.15, 0.2) is 259 Å². The number of aliphatic imine (C=N–C) groups is 1. The van der Waals surface area contributed by atoms with Gasteiger partial charge in [0, 0.05) is 16.7 Å². The number of hydrogen-bond acceptors (Lipinski definition) is 8. The molecule has 1 unspecified atom stereocenters. The Kier molecular flexibility index (Phi) is 13.3. The van der Waals surface area contributed by atoms with Crippen molar-refractivity contribution >= 4 is 22.3 Å². The molecule has 3 heterocycles. The van der Waals surface area contributed by atoms with Crippen LogP contribution in [0.4, 0.5) is 0 Å². The SMILES string of the molecule is CCCCC1N=C(c2ccc(-c3ccccc3)c(-c3nnnn3C(c3ccccc3)(c3ccccc3)c3ccccc3)c2)C(c2ccc3c(c2)nnn3C(c2ccccc2)(c2ccccc2)c2ccccc2)=C(C)N1OC. The van der Waals surface area contributed by atoms with Gasteiger partial charge in [-0.05, 0) is 98.5 Å². The fourth-order valence-electron chi connectivity index (χ4n) is 11.6. The highest BCUT2D eigenvalue weighted by atomic mass is 16.7. The van der Waals surface area contributed by atoms with E-state index < -0.39 is 11.1 Å². The third-order valence-corrected chi connectivity index (χ3v) is 15.1. The molecule has 10 heteroatoms. The molecule has 0 fully saturated rings. The molecule has 0 amide bonds. The maximum atomic E-state index is 6.28. The second-order valence-electron chi connectivity index (χ2n) is 19.4. The second kappa shape index (κ2) is 21.1. The number of hydroxylamine groups is 2. The number of tetrazole rings is 1. The Morgan fingerprint density at radius 3 is 1.42 bits per heavy atom. The fourth-order valence-corrected chi connectivity index (χ4v) is 11.6. The van der Waals surface area contributed by atoms with Crippen molar-refractivity contribution in [3.05, 3.63) is 299 Å². The normalized spacial score (nSPS) is 14.0. The topological polar surface area (TPSA) is 99.1 Å². The van der Waals surface area contributed by atoms with E-state index in [0.29, 0.717) is 5.82 Å². The quantitative estimate of drug-likeness (QED) is 0.0889. The lowest BCUT2D eigenvalue weighted by Crippen LogP contribution is -2.39. The van der Waals surface area contributed by atoms with Crippen LogP contribution in [0.5, 0.6) is 0 Å². The molecule has 10 nitrogen and oxygen atoms in total. The van der Waals surface area contributed by atoms with E-state index >= 15 is 0 Å². The number of unbranched alkanes of at least 4 members (excludes halogenated alkanes) is 1. The molecule has 0 spiro atoms. The van der Waals surface area contributed by atoms with Gasteiger partial charge in [-0.3, -0.25) is 9.83 Å². The molecule has 0 bridgehead atoms. The lowest BCUT2D eigenvalue weighted by Gasteiger charge is -2.37. The molecule has 9 aromatic carbocycles. The van der Waals surface area contributed by atoms with Gasteiger partial charge in [-0.1, -0.05) is 249 Å². The highest BCUT2D eigenvalue weighted by molar-refractivity contribution is 6.33. The molecule has 1 atom stereocenters. The molecule has 77 heavy (non-hydrogen) atoms. The summed E-state index contributed by atoms with van der Waals surface area (Å²) in [5.41, 5.74) is 13.4. The number of nitrogens with zero attached hydrogens (tertiary/aromatic N) is 9. The molecule has 0 saturated carbocycles. The van der Waals surface area contributed by atoms with Crippen LogP contribution in [0.2, 0.25) is 0 Å². The van der Waals surface area contributed by atoms with Gasteiger partial charge in [0.05, 0.1) is 24.0 Å². The second-order valence-corrected chi connectivity index (χ2v) is 19.4. The summed E-state index contributed by atoms with van der Waals surface area (Å²) in [6.45, 7) is 4.34. The van der Waals surface area contributed by atoms with Gasteiger partial charge < -0.3 is 0 Å². The third-order valence-electron chi connectivity index (χ3n) is 15.1. The molecular formula is C67H57N9O. The van der Waals surface area contributed by atoms with Crippen molar-refractivity contribution in [3.8, 4) is 22.5 Å². The van der Waals surface area contributed by atoms with Crippen LogP contribution in [0, 0.1) is 0 Å². The van der Waals surface area contributed by atoms with E-state index in [9.17, 15) is 0 Å². The Morgan fingerprint density at radius 2 is 0.935 bits per heavy atom. The fraction of sp³-hybridized carbons (Fsp3) is 0.134. The Morgan fingerprint density at radius 1 is 0.468 bits per heavy atom. The van der Waals surface area contributed by atoms with Crippen molar-refractivity contribution in [1.82, 2.24) is 40.3 Å². The number of fused-ring (bicyclic) bond motifs is 1. The number of allylic oxidation sites excluding steroid dienone is 2. The highest BCUT2D eigenvalue weighted by Crippen LogP contribution is 2.46. The van der Waals surface area contributed by atoms with Gasteiger partial charge in [0.25, 0.3) is 0 Å². The van der Waals surface area contributed by atoms with E-state index in [1.165, 1.54) is 0 Å². The molecular weight excluding hydrogens is 947 g/mol. The van der Waals surface area contributed by atoms with Gasteiger partial charge in [0.15, 0.2) is 5.82 Å². The Labute approximate surface area is 449 Å². The molecule has 0 radical (unpaired) electrons. The van der Waals surface area contributed by atoms with E-state index in [-0.39, 0.29) is 6.17 Å². The van der Waals surface area contributed by atoms with Gasteiger partial charge in [-0.2, -0.15) is 0 Å². The summed E-state index contributed by atoms with van der Waals surface area (Å²) in [6, 6.07) is 86.9. The van der Waals surface area contributed by atoms with Crippen LogP contribution in [0.25, 0.3) is 39.1 Å². The van der Waals surface area contributed by atoms with Crippen LogP contribution in [0.3, 0.4) is 0 Å². The monoisotopic (exact) mass is 1000 g/mol. The first-order valence-electron chi connectivity index (χ1n) is 26.4. The first kappa shape index (κ1) is 48.6. The molecule has 0 aliphatic carbocycles. The van der Waals surface area contributed by atoms with Crippen molar-refractivity contribution in [2.75, 3.05) is 7.11 Å². The van der Waals surface area contributed by atoms with Gasteiger partial charge >= 0.3 is 0 Å². The third kappa shape index (κ3) is 8.43. The number of rotatable bonds is 16. The lowest BCUT2D eigenvalue weighted by atomic mass is 9.76. The number of aromatic nitrogens is 7. The van der Waals surface area contributed by atoms with E-state index in [2.05, 4.69) is 248 Å². The minimum absolute atomic E-state index is 0.281. The molecule has 0 N–H and O–H groups in total. The maximum Gasteiger partial charge on any atom is 0.184 e. The predicted molar refractivity (Wildman–Crippen MR) is 307 cm³/mol. The summed E-state index contributed by atoms with van der Waals surface area (Å²) in [4.78, 5) is 12.0. The molecule has 1 aliphatic heterocycles. The van der Waals surface area contributed by atoms with E-state index in [4.69, 9.17) is 30.5 Å². The zero-order valence-corrected chi connectivity index (χ0v) is 43.3. The number of hydrogen-bond donors (Lipinski definition) is 0. The van der Waals surface area contributed by atoms with E-state index in [0.717, 1.165) is 108 Å². The van der Waals surface area contributed by atoms with Crippen molar-refractivity contribution in [2.24, 2.45) is 4.99 Å². The maximum absolute atomic E-state index is 6.28. The first-order valence-corrected chi connectivity index (χ1v) is 26.4. The van der Waals surface area contributed by atoms with Gasteiger partial charge in [0.2, 0.25) is 0 Å². The molecule has 12 rings (SSSR count). The van der Waals surface area contributed by atoms with Gasteiger partial charge in [-0.15, -0.1) is 10.2 Å². The average molecular weight is 1000 g/mol. The van der Waals surface area contributed by atoms with Crippen LogP contribution >= 0.6 is 0 Å². The summed E-state index contributed by atoms with van der Waals surface area (Å²) >= 11 is 0. The number of benzene rings is 9. The highest BCUT2D eigenvalue weighted by Gasteiger charge is 2.43. The minimum Gasteiger partial charge on any atom is -0.275 e. The van der Waals surface area contributed by atoms with Crippen LogP contribution in [-0.2, 0) is 15.9 Å². The van der Waals surface area contributed by atoms with Gasteiger partial charge in [-0.25, -0.2) is 14.4 Å². The van der Waals surface area contributed by atoms with Crippen LogP contribution in [-0.4, -0.2) is 59.3 Å². The van der Waals surface area contributed by atoms with Crippen molar-refractivity contribution in [1.29, 1.82) is 0 Å². The van der Waals surface area contributed by atoms with Crippen molar-refractivity contribution in [2.45, 2.75) is 50.4 Å². The van der Waals surface area contributed by atoms with Crippen LogP contribution in [0.1, 0.15) is 77.6 Å². The summed E-state index contributed by atoms with van der Waals surface area (Å²) in [7, 11) is 1.73. The summed E-state index contributed by atoms with van der Waals surface area (Å²) in [5, 5.41) is 26.6. The summed E-state index contributed by atoms with van der Waals surface area (Å²) in [5.74, 6) is 0.596. The standard InChI is InChI=1S/C67H57N9O/c1-4-5-41-62-68-64(63(48(2)74(62)77-3)50-43-45-61-60(47-50)69-72-75(61)66(52-29-15-7-16-30-52,53-31-17-8-18-32-53)54-33-19-9-20-34-54)51-42-44-58(49-27-13-6-14-28-49)59(46-51)65-70-71-73-76(65)67(55-35-21-10-22-36-55,56-37-23-11-24-38-56)57-39-25-12-26-40-57/h6-40,42-47,62H,4-5,41H2,1-3H3.